The van der Waals surface area contributed by atoms with Crippen LogP contribution in [-0.4, -0.2) is 30.9 Å². The van der Waals surface area contributed by atoms with Crippen LogP contribution in [0.4, 0.5) is 10.5 Å². The number of barbiturate groups is 1. The third-order valence-corrected chi connectivity index (χ3v) is 6.38. The minimum Gasteiger partial charge on any atom is -0.487 e. The number of imide groups is 2. The molecule has 1 fully saturated rings. The zero-order valence-corrected chi connectivity index (χ0v) is 22.0. The normalized spacial score (nSPS) is 14.6. The summed E-state index contributed by atoms with van der Waals surface area (Å²) in [6.45, 7) is 0.352. The third-order valence-electron chi connectivity index (χ3n) is 5.21. The van der Waals surface area contributed by atoms with Gasteiger partial charge < -0.3 is 9.47 Å². The highest BCUT2D eigenvalue weighted by Gasteiger charge is 2.37. The molecule has 0 aromatic heterocycles. The monoisotopic (exact) mass is 612 g/mol. The largest absolute Gasteiger partial charge is 0.487 e. The van der Waals surface area contributed by atoms with E-state index in [2.05, 4.69) is 41.9 Å². The predicted octanol–water partition coefficient (Wildman–Crippen LogP) is 5.24. The first kappa shape index (κ1) is 25.3. The maximum atomic E-state index is 13.2. The number of nitrogens with zero attached hydrogens (tertiary/aromatic N) is 1. The molecule has 3 aromatic rings. The van der Waals surface area contributed by atoms with E-state index in [-0.39, 0.29) is 16.8 Å². The first-order valence-corrected chi connectivity index (χ1v) is 12.1. The van der Waals surface area contributed by atoms with E-state index in [9.17, 15) is 19.2 Å². The lowest BCUT2D eigenvalue weighted by Crippen LogP contribution is -2.54. The van der Waals surface area contributed by atoms with Gasteiger partial charge in [-0.2, -0.15) is 0 Å². The van der Waals surface area contributed by atoms with Crippen LogP contribution in [0.3, 0.4) is 0 Å². The number of carbonyl (C=O) groups is 4. The number of benzene rings is 3. The summed E-state index contributed by atoms with van der Waals surface area (Å²) in [6.07, 6.45) is 1.39. The second-order valence-electron chi connectivity index (χ2n) is 7.58. The second kappa shape index (κ2) is 10.9. The van der Waals surface area contributed by atoms with Gasteiger partial charge in [0.05, 0.1) is 27.3 Å². The van der Waals surface area contributed by atoms with Gasteiger partial charge in [-0.25, -0.2) is 14.5 Å². The molecule has 1 aliphatic heterocycles. The molecule has 10 heteroatoms. The molecule has 0 bridgehead atoms. The molecule has 8 nitrogen and oxygen atoms in total. The number of methoxy groups -OCH3 is 1. The van der Waals surface area contributed by atoms with Crippen LogP contribution in [0.25, 0.3) is 6.08 Å². The summed E-state index contributed by atoms with van der Waals surface area (Å²) in [7, 11) is 1.25. The molecule has 1 heterocycles. The SMILES string of the molecule is COC(=O)c1ccc(N2C(=O)NC(=O)/C(=C\c3cc(Br)c(OCc4ccccc4)c(Br)c3)C2=O)cc1. The van der Waals surface area contributed by atoms with E-state index in [4.69, 9.17) is 4.74 Å². The maximum absolute atomic E-state index is 13.2. The topological polar surface area (TPSA) is 102 Å². The van der Waals surface area contributed by atoms with Crippen LogP contribution in [0, 0.1) is 0 Å². The lowest BCUT2D eigenvalue weighted by atomic mass is 10.1. The number of rotatable bonds is 6. The van der Waals surface area contributed by atoms with Crippen molar-refractivity contribution in [3.8, 4) is 5.75 Å². The number of carbonyl (C=O) groups excluding carboxylic acids is 4. The van der Waals surface area contributed by atoms with Gasteiger partial charge in [-0.3, -0.25) is 14.9 Å². The molecule has 36 heavy (non-hydrogen) atoms. The van der Waals surface area contributed by atoms with E-state index in [0.29, 0.717) is 26.9 Å². The van der Waals surface area contributed by atoms with Crippen molar-refractivity contribution >= 4 is 67.4 Å². The standard InChI is InChI=1S/C26H18Br2N2O6/c1-35-25(33)17-7-9-18(10-8-17)30-24(32)19(23(31)29-26(30)34)11-16-12-20(27)22(21(28)13-16)36-14-15-5-3-2-4-6-15/h2-13H,14H2,1H3,(H,29,31,34)/b19-11+. The summed E-state index contributed by atoms with van der Waals surface area (Å²) in [5, 5.41) is 2.18. The minimum atomic E-state index is -0.889. The van der Waals surface area contributed by atoms with Crippen LogP contribution >= 0.6 is 31.9 Å². The van der Waals surface area contributed by atoms with Crippen molar-refractivity contribution < 1.29 is 28.7 Å². The third kappa shape index (κ3) is 5.39. The van der Waals surface area contributed by atoms with Crippen molar-refractivity contribution in [1.29, 1.82) is 0 Å². The Kier molecular flexibility index (Phi) is 7.66. The van der Waals surface area contributed by atoms with Gasteiger partial charge >= 0.3 is 12.0 Å². The molecule has 0 aliphatic carbocycles. The van der Waals surface area contributed by atoms with E-state index in [0.717, 1.165) is 10.5 Å². The van der Waals surface area contributed by atoms with Crippen molar-refractivity contribution in [1.82, 2.24) is 5.32 Å². The minimum absolute atomic E-state index is 0.190. The van der Waals surface area contributed by atoms with Crippen molar-refractivity contribution in [3.63, 3.8) is 0 Å². The average molecular weight is 614 g/mol. The van der Waals surface area contributed by atoms with Gasteiger partial charge in [0.15, 0.2) is 0 Å². The van der Waals surface area contributed by atoms with E-state index in [1.54, 1.807) is 12.1 Å². The lowest BCUT2D eigenvalue weighted by molar-refractivity contribution is -0.122. The summed E-state index contributed by atoms with van der Waals surface area (Å²) < 4.78 is 11.8. The van der Waals surface area contributed by atoms with Crippen molar-refractivity contribution in [3.05, 3.63) is 97.9 Å². The number of esters is 1. The fourth-order valence-electron chi connectivity index (χ4n) is 3.45. The Bertz CT molecular complexity index is 1360. The molecule has 0 atom stereocenters. The number of halogens is 2. The zero-order chi connectivity index (χ0) is 25.8. The molecule has 0 unspecified atom stereocenters. The molecule has 1 saturated heterocycles. The first-order chi connectivity index (χ1) is 17.3. The van der Waals surface area contributed by atoms with Crippen molar-refractivity contribution in [2.45, 2.75) is 6.61 Å². The van der Waals surface area contributed by atoms with Crippen LogP contribution in [-0.2, 0) is 20.9 Å². The van der Waals surface area contributed by atoms with Crippen LogP contribution < -0.4 is 15.0 Å². The van der Waals surface area contributed by atoms with E-state index in [1.165, 1.54) is 37.5 Å². The molecular formula is C26H18Br2N2O6. The summed E-state index contributed by atoms with van der Waals surface area (Å²) in [5.41, 5.74) is 1.73. The van der Waals surface area contributed by atoms with Gasteiger partial charge in [0.2, 0.25) is 0 Å². The highest BCUT2D eigenvalue weighted by atomic mass is 79.9. The Balaban J connectivity index is 1.60. The van der Waals surface area contributed by atoms with Crippen molar-refractivity contribution in [2.75, 3.05) is 12.0 Å². The number of ether oxygens (including phenoxy) is 2. The van der Waals surface area contributed by atoms with Crippen LogP contribution in [0.5, 0.6) is 5.75 Å². The number of hydrogen-bond acceptors (Lipinski definition) is 6. The highest BCUT2D eigenvalue weighted by molar-refractivity contribution is 9.11. The Hall–Kier alpha value is -3.76. The van der Waals surface area contributed by atoms with E-state index < -0.39 is 23.8 Å². The van der Waals surface area contributed by atoms with Gasteiger partial charge in [-0.05, 0) is 85.5 Å². The van der Waals surface area contributed by atoms with E-state index >= 15 is 0 Å². The van der Waals surface area contributed by atoms with Gasteiger partial charge in [-0.15, -0.1) is 0 Å². The molecule has 0 radical (unpaired) electrons. The van der Waals surface area contributed by atoms with Crippen LogP contribution in [0.15, 0.2) is 81.2 Å². The first-order valence-electron chi connectivity index (χ1n) is 10.5. The number of urea groups is 1. The van der Waals surface area contributed by atoms with Gasteiger partial charge in [0, 0.05) is 0 Å². The smallest absolute Gasteiger partial charge is 0.337 e. The van der Waals surface area contributed by atoms with Crippen LogP contribution in [0.2, 0.25) is 0 Å². The number of anilines is 1. The van der Waals surface area contributed by atoms with E-state index in [1.807, 2.05) is 30.3 Å². The quantitative estimate of drug-likeness (QED) is 0.232. The second-order valence-corrected chi connectivity index (χ2v) is 9.29. The molecule has 182 valence electrons. The summed E-state index contributed by atoms with van der Waals surface area (Å²) in [4.78, 5) is 50.6. The number of nitrogens with one attached hydrogen (secondary N) is 1. The molecule has 1 N–H and O–H groups in total. The Morgan fingerprint density at radius 2 is 1.61 bits per heavy atom. The lowest BCUT2D eigenvalue weighted by Gasteiger charge is -2.26. The Labute approximate surface area is 223 Å². The molecule has 4 rings (SSSR count). The van der Waals surface area contributed by atoms with Crippen molar-refractivity contribution in [2.24, 2.45) is 0 Å². The highest BCUT2D eigenvalue weighted by Crippen LogP contribution is 2.36. The van der Waals surface area contributed by atoms with Gasteiger partial charge in [-0.1, -0.05) is 30.3 Å². The fourth-order valence-corrected chi connectivity index (χ4v) is 4.90. The van der Waals surface area contributed by atoms with Gasteiger partial charge in [0.25, 0.3) is 11.8 Å². The maximum Gasteiger partial charge on any atom is 0.337 e. The molecule has 0 spiro atoms. The zero-order valence-electron chi connectivity index (χ0n) is 18.8. The number of hydrogen-bond donors (Lipinski definition) is 1. The molecule has 4 amide bonds. The summed E-state index contributed by atoms with van der Waals surface area (Å²) in [6, 6.07) is 17.9. The predicted molar refractivity (Wildman–Crippen MR) is 139 cm³/mol. The van der Waals surface area contributed by atoms with Gasteiger partial charge in [0.1, 0.15) is 17.9 Å². The molecule has 1 aliphatic rings. The Morgan fingerprint density at radius 3 is 2.22 bits per heavy atom. The number of amides is 4. The molecular weight excluding hydrogens is 596 g/mol. The van der Waals surface area contributed by atoms with Crippen LogP contribution in [0.1, 0.15) is 21.5 Å². The molecule has 3 aromatic carbocycles. The summed E-state index contributed by atoms with van der Waals surface area (Å²) in [5.74, 6) is -1.61. The molecule has 0 saturated carbocycles. The Morgan fingerprint density at radius 1 is 0.972 bits per heavy atom. The summed E-state index contributed by atoms with van der Waals surface area (Å²) >= 11 is 6.95. The fraction of sp³-hybridized carbons (Fsp3) is 0.0769. The average Bonchev–Trinajstić information content (AvgIpc) is 2.86.